The zero-order chi connectivity index (χ0) is 21.9. The summed E-state index contributed by atoms with van der Waals surface area (Å²) in [5, 5.41) is 9.66. The summed E-state index contributed by atoms with van der Waals surface area (Å²) in [5.74, 6) is 2.19. The van der Waals surface area contributed by atoms with E-state index in [9.17, 15) is 5.26 Å². The molecule has 0 N–H and O–H groups in total. The number of nitrogens with zero attached hydrogens (tertiary/aromatic N) is 1. The van der Waals surface area contributed by atoms with Crippen molar-refractivity contribution in [3.8, 4) is 11.8 Å². The maximum atomic E-state index is 9.66. The number of aryl methyl sites for hydroxylation is 1. The van der Waals surface area contributed by atoms with Crippen LogP contribution in [0.2, 0.25) is 0 Å². The van der Waals surface area contributed by atoms with Crippen LogP contribution in [0.1, 0.15) is 106 Å². The van der Waals surface area contributed by atoms with Crippen LogP contribution in [0.25, 0.3) is 0 Å². The number of ether oxygens (including phenoxy) is 1. The van der Waals surface area contributed by atoms with E-state index in [1.54, 1.807) is 0 Å². The second kappa shape index (κ2) is 12.6. The van der Waals surface area contributed by atoms with E-state index in [0.29, 0.717) is 23.8 Å². The van der Waals surface area contributed by atoms with Gasteiger partial charge in [0.05, 0.1) is 5.56 Å². The van der Waals surface area contributed by atoms with E-state index in [4.69, 9.17) is 4.74 Å². The van der Waals surface area contributed by atoms with Gasteiger partial charge in [0.1, 0.15) is 18.4 Å². The van der Waals surface area contributed by atoms with Crippen molar-refractivity contribution in [3.63, 3.8) is 0 Å². The van der Waals surface area contributed by atoms with Crippen LogP contribution >= 0.6 is 0 Å². The number of hydrogen-bond donors (Lipinski definition) is 0. The van der Waals surface area contributed by atoms with Gasteiger partial charge in [0, 0.05) is 0 Å². The molecule has 2 heteroatoms. The lowest BCUT2D eigenvalue weighted by molar-refractivity contribution is 0.304. The highest BCUT2D eigenvalue weighted by atomic mass is 16.5. The summed E-state index contributed by atoms with van der Waals surface area (Å²) in [6.07, 6.45) is 14.2. The molecule has 0 amide bonds. The third-order valence-corrected chi connectivity index (χ3v) is 7.01. The summed E-state index contributed by atoms with van der Waals surface area (Å²) in [6.45, 7) is 5.06. The van der Waals surface area contributed by atoms with E-state index in [0.717, 1.165) is 17.9 Å². The van der Waals surface area contributed by atoms with Crippen LogP contribution in [0, 0.1) is 17.2 Å². The molecule has 0 unspecified atom stereocenters. The van der Waals surface area contributed by atoms with Gasteiger partial charge >= 0.3 is 0 Å². The summed E-state index contributed by atoms with van der Waals surface area (Å²) in [5.41, 5.74) is 4.53. The van der Waals surface area contributed by atoms with Crippen LogP contribution < -0.4 is 4.74 Å². The van der Waals surface area contributed by atoms with Gasteiger partial charge in [-0.2, -0.15) is 5.26 Å². The van der Waals surface area contributed by atoms with Crippen LogP contribution in [-0.2, 0) is 13.0 Å². The Kier molecular flexibility index (Phi) is 9.47. The number of hydrogen-bond acceptors (Lipinski definition) is 2. The molecule has 2 nitrogen and oxygen atoms in total. The average molecular weight is 418 g/mol. The summed E-state index contributed by atoms with van der Waals surface area (Å²) < 4.78 is 6.03. The van der Waals surface area contributed by atoms with Crippen LogP contribution in [0.5, 0.6) is 5.75 Å². The zero-order valence-corrected chi connectivity index (χ0v) is 19.5. The van der Waals surface area contributed by atoms with E-state index in [-0.39, 0.29) is 0 Å². The Bertz CT molecular complexity index is 825. The van der Waals surface area contributed by atoms with Gasteiger partial charge in [-0.25, -0.2) is 0 Å². The topological polar surface area (TPSA) is 33.0 Å². The van der Waals surface area contributed by atoms with E-state index < -0.39 is 0 Å². The average Bonchev–Trinajstić information content (AvgIpc) is 2.83. The van der Waals surface area contributed by atoms with Gasteiger partial charge < -0.3 is 4.74 Å². The molecule has 0 spiro atoms. The van der Waals surface area contributed by atoms with Crippen molar-refractivity contribution in [2.45, 2.75) is 97.0 Å². The lowest BCUT2D eigenvalue weighted by Gasteiger charge is -2.28. The van der Waals surface area contributed by atoms with Crippen molar-refractivity contribution in [2.24, 2.45) is 5.92 Å². The molecule has 0 saturated heterocycles. The van der Waals surface area contributed by atoms with Crippen molar-refractivity contribution < 1.29 is 4.74 Å². The minimum absolute atomic E-state index is 0.506. The molecular weight excluding hydrogens is 378 g/mol. The predicted octanol–water partition coefficient (Wildman–Crippen LogP) is 8.33. The fourth-order valence-corrected chi connectivity index (χ4v) is 4.81. The third kappa shape index (κ3) is 7.13. The second-order valence-corrected chi connectivity index (χ2v) is 9.26. The quantitative estimate of drug-likeness (QED) is 0.344. The molecule has 2 aromatic rings. The van der Waals surface area contributed by atoms with E-state index in [2.05, 4.69) is 56.3 Å². The highest BCUT2D eigenvalue weighted by molar-refractivity contribution is 5.46. The molecule has 166 valence electrons. The number of benzene rings is 2. The standard InChI is InChI=1S/C29H39NO/c1-3-5-6-7-8-9-24-10-12-25(13-11-24)22-31-29-19-18-27(20-28(29)21-30)26-16-14-23(4-2)15-17-26/h10-13,18-20,23,26H,3-9,14-17,22H2,1-2H3. The Morgan fingerprint density at radius 3 is 2.26 bits per heavy atom. The number of rotatable bonds is 11. The van der Waals surface area contributed by atoms with Gasteiger partial charge in [-0.05, 0) is 79.2 Å². The molecule has 3 rings (SSSR count). The molecule has 1 aliphatic carbocycles. The Balaban J connectivity index is 1.51. The van der Waals surface area contributed by atoms with E-state index in [1.165, 1.54) is 75.3 Å². The molecule has 1 fully saturated rings. The summed E-state index contributed by atoms with van der Waals surface area (Å²) in [6, 6.07) is 17.4. The smallest absolute Gasteiger partial charge is 0.137 e. The molecule has 0 aliphatic heterocycles. The van der Waals surface area contributed by atoms with Gasteiger partial charge in [-0.1, -0.05) is 76.3 Å². The van der Waals surface area contributed by atoms with Crippen molar-refractivity contribution in [3.05, 3.63) is 64.7 Å². The van der Waals surface area contributed by atoms with E-state index in [1.807, 2.05) is 6.07 Å². The van der Waals surface area contributed by atoms with Crippen molar-refractivity contribution in [1.82, 2.24) is 0 Å². The largest absolute Gasteiger partial charge is 0.488 e. The Morgan fingerprint density at radius 1 is 0.871 bits per heavy atom. The van der Waals surface area contributed by atoms with Gasteiger partial charge in [0.2, 0.25) is 0 Å². The molecule has 0 aromatic heterocycles. The minimum atomic E-state index is 0.506. The monoisotopic (exact) mass is 417 g/mol. The van der Waals surface area contributed by atoms with Crippen molar-refractivity contribution in [1.29, 1.82) is 5.26 Å². The fourth-order valence-electron chi connectivity index (χ4n) is 4.81. The lowest BCUT2D eigenvalue weighted by Crippen LogP contribution is -2.12. The molecule has 0 bridgehead atoms. The Morgan fingerprint density at radius 2 is 1.58 bits per heavy atom. The second-order valence-electron chi connectivity index (χ2n) is 9.26. The van der Waals surface area contributed by atoms with Gasteiger partial charge in [-0.3, -0.25) is 0 Å². The van der Waals surface area contributed by atoms with Crippen molar-refractivity contribution >= 4 is 0 Å². The predicted molar refractivity (Wildman–Crippen MR) is 129 cm³/mol. The molecule has 1 aliphatic rings. The first kappa shape index (κ1) is 23.4. The molecule has 1 saturated carbocycles. The third-order valence-electron chi connectivity index (χ3n) is 7.01. The molecule has 0 atom stereocenters. The van der Waals surface area contributed by atoms with Gasteiger partial charge in [0.25, 0.3) is 0 Å². The highest BCUT2D eigenvalue weighted by Crippen LogP contribution is 2.38. The molecule has 2 aromatic carbocycles. The summed E-state index contributed by atoms with van der Waals surface area (Å²) in [7, 11) is 0. The van der Waals surface area contributed by atoms with Crippen LogP contribution in [0.3, 0.4) is 0 Å². The molecular formula is C29H39NO. The first-order chi connectivity index (χ1) is 15.2. The zero-order valence-electron chi connectivity index (χ0n) is 19.5. The SMILES string of the molecule is CCCCCCCc1ccc(COc2ccc(C3CCC(CC)CC3)cc2C#N)cc1. The first-order valence-electron chi connectivity index (χ1n) is 12.5. The van der Waals surface area contributed by atoms with Crippen LogP contribution in [0.4, 0.5) is 0 Å². The normalized spacial score (nSPS) is 18.5. The molecule has 0 heterocycles. The Hall–Kier alpha value is -2.27. The maximum Gasteiger partial charge on any atom is 0.137 e. The molecule has 31 heavy (non-hydrogen) atoms. The van der Waals surface area contributed by atoms with Crippen LogP contribution in [0.15, 0.2) is 42.5 Å². The van der Waals surface area contributed by atoms with Gasteiger partial charge in [-0.15, -0.1) is 0 Å². The van der Waals surface area contributed by atoms with Crippen molar-refractivity contribution in [2.75, 3.05) is 0 Å². The molecule has 0 radical (unpaired) electrons. The minimum Gasteiger partial charge on any atom is -0.488 e. The van der Waals surface area contributed by atoms with E-state index >= 15 is 0 Å². The first-order valence-corrected chi connectivity index (χ1v) is 12.5. The lowest BCUT2D eigenvalue weighted by atomic mass is 9.77. The number of unbranched alkanes of at least 4 members (excludes halogenated alkanes) is 4. The summed E-state index contributed by atoms with van der Waals surface area (Å²) >= 11 is 0. The highest BCUT2D eigenvalue weighted by Gasteiger charge is 2.22. The summed E-state index contributed by atoms with van der Waals surface area (Å²) in [4.78, 5) is 0. The van der Waals surface area contributed by atoms with Crippen LogP contribution in [-0.4, -0.2) is 0 Å². The Labute approximate surface area is 189 Å². The maximum absolute atomic E-state index is 9.66. The van der Waals surface area contributed by atoms with Gasteiger partial charge in [0.15, 0.2) is 0 Å². The fraction of sp³-hybridized carbons (Fsp3) is 0.552. The number of nitriles is 1.